The van der Waals surface area contributed by atoms with Crippen molar-refractivity contribution in [1.82, 2.24) is 9.80 Å². The number of hydrogen-bond acceptors (Lipinski definition) is 6. The topological polar surface area (TPSA) is 87.4 Å². The van der Waals surface area contributed by atoms with Crippen molar-refractivity contribution in [2.75, 3.05) is 39.3 Å². The largest absolute Gasteiger partial charge is 0.389 e. The van der Waals surface area contributed by atoms with Gasteiger partial charge in [0.25, 0.3) is 0 Å². The average Bonchev–Trinajstić information content (AvgIpc) is 2.47. The lowest BCUT2D eigenvalue weighted by Crippen LogP contribution is -2.51. The van der Waals surface area contributed by atoms with Crippen molar-refractivity contribution in [3.8, 4) is 0 Å². The quantitative estimate of drug-likeness (QED) is 0.395. The Bertz CT molecular complexity index is 211. The summed E-state index contributed by atoms with van der Waals surface area (Å²) in [5.74, 6) is 0. The van der Waals surface area contributed by atoms with E-state index in [9.17, 15) is 20.4 Å². The van der Waals surface area contributed by atoms with Gasteiger partial charge in [-0.15, -0.1) is 0 Å². The van der Waals surface area contributed by atoms with Crippen LogP contribution in [0.1, 0.15) is 27.7 Å². The van der Waals surface area contributed by atoms with Gasteiger partial charge >= 0.3 is 0 Å². The van der Waals surface area contributed by atoms with Crippen LogP contribution in [-0.4, -0.2) is 93.9 Å². The molecule has 0 aliphatic carbocycles. The Morgan fingerprint density at radius 3 is 1.05 bits per heavy atom. The fraction of sp³-hybridized carbons (Fsp3) is 1.00. The van der Waals surface area contributed by atoms with Crippen LogP contribution in [0.5, 0.6) is 0 Å². The molecule has 0 bridgehead atoms. The minimum absolute atomic E-state index is 0.281. The first-order valence-electron chi connectivity index (χ1n) is 7.58. The molecule has 4 atom stereocenters. The Labute approximate surface area is 122 Å². The number of likely N-dealkylation sites (N-methyl/N-ethyl adjacent to an activating group) is 2. The molecule has 0 saturated carbocycles. The number of rotatable bonds is 11. The molecule has 0 amide bonds. The van der Waals surface area contributed by atoms with E-state index in [1.54, 1.807) is 0 Å². The third-order valence-corrected chi connectivity index (χ3v) is 3.82. The van der Waals surface area contributed by atoms with Crippen LogP contribution in [0.3, 0.4) is 0 Å². The minimum Gasteiger partial charge on any atom is -0.389 e. The molecule has 20 heavy (non-hydrogen) atoms. The molecule has 0 aromatic rings. The van der Waals surface area contributed by atoms with Gasteiger partial charge in [-0.05, 0) is 26.2 Å². The third kappa shape index (κ3) is 6.47. The summed E-state index contributed by atoms with van der Waals surface area (Å²) in [6, 6.07) is 0. The van der Waals surface area contributed by atoms with Crippen LogP contribution in [0, 0.1) is 0 Å². The Balaban J connectivity index is 4.39. The Morgan fingerprint density at radius 1 is 0.600 bits per heavy atom. The highest BCUT2D eigenvalue weighted by Gasteiger charge is 2.31. The van der Waals surface area contributed by atoms with Crippen molar-refractivity contribution < 1.29 is 20.4 Å². The molecule has 0 fully saturated rings. The fourth-order valence-corrected chi connectivity index (χ4v) is 2.16. The van der Waals surface area contributed by atoms with Gasteiger partial charge in [-0.25, -0.2) is 0 Å². The van der Waals surface area contributed by atoms with Crippen LogP contribution in [0.4, 0.5) is 0 Å². The monoisotopic (exact) mass is 292 g/mol. The number of aliphatic hydroxyl groups is 4. The summed E-state index contributed by atoms with van der Waals surface area (Å²) >= 11 is 0. The van der Waals surface area contributed by atoms with E-state index in [-0.39, 0.29) is 13.1 Å². The van der Waals surface area contributed by atoms with Crippen molar-refractivity contribution in [3.63, 3.8) is 0 Å². The molecule has 0 aliphatic rings. The third-order valence-electron chi connectivity index (χ3n) is 3.82. The summed E-state index contributed by atoms with van der Waals surface area (Å²) in [5.41, 5.74) is 0. The lowest BCUT2D eigenvalue weighted by Gasteiger charge is -2.31. The summed E-state index contributed by atoms with van der Waals surface area (Å²) < 4.78 is 0. The first kappa shape index (κ1) is 19.8. The van der Waals surface area contributed by atoms with Gasteiger partial charge in [0.2, 0.25) is 0 Å². The predicted octanol–water partition coefficient (Wildman–Crippen LogP) is -0.886. The summed E-state index contributed by atoms with van der Waals surface area (Å²) in [6.07, 6.45) is -4.84. The zero-order valence-corrected chi connectivity index (χ0v) is 13.2. The highest BCUT2D eigenvalue weighted by molar-refractivity contribution is 4.84. The van der Waals surface area contributed by atoms with Crippen LogP contribution < -0.4 is 0 Å². The minimum atomic E-state index is -1.35. The van der Waals surface area contributed by atoms with E-state index in [4.69, 9.17) is 0 Å². The van der Waals surface area contributed by atoms with Crippen LogP contribution in [0.25, 0.3) is 0 Å². The lowest BCUT2D eigenvalue weighted by atomic mass is 10.0. The SMILES string of the molecule is CCN(CC)CC(O)C(O)C(O)C(O)CN(CC)CC. The summed E-state index contributed by atoms with van der Waals surface area (Å²) in [7, 11) is 0. The highest BCUT2D eigenvalue weighted by Crippen LogP contribution is 2.08. The molecule has 0 aliphatic heterocycles. The normalized spacial score (nSPS) is 18.3. The second-order valence-electron chi connectivity index (χ2n) is 5.09. The van der Waals surface area contributed by atoms with E-state index in [1.165, 1.54) is 0 Å². The average molecular weight is 292 g/mol. The molecule has 122 valence electrons. The second-order valence-corrected chi connectivity index (χ2v) is 5.09. The van der Waals surface area contributed by atoms with Crippen LogP contribution >= 0.6 is 0 Å². The molecule has 4 N–H and O–H groups in total. The van der Waals surface area contributed by atoms with Crippen LogP contribution in [0.2, 0.25) is 0 Å². The number of hydrogen-bond donors (Lipinski definition) is 4. The van der Waals surface area contributed by atoms with E-state index in [2.05, 4.69) is 0 Å². The van der Waals surface area contributed by atoms with Gasteiger partial charge in [0.15, 0.2) is 0 Å². The van der Waals surface area contributed by atoms with E-state index < -0.39 is 24.4 Å². The zero-order chi connectivity index (χ0) is 15.7. The van der Waals surface area contributed by atoms with Gasteiger partial charge in [0, 0.05) is 13.1 Å². The van der Waals surface area contributed by atoms with E-state index in [0.717, 1.165) is 26.2 Å². The molecule has 0 radical (unpaired) electrons. The smallest absolute Gasteiger partial charge is 0.110 e. The molecule has 6 nitrogen and oxygen atoms in total. The maximum atomic E-state index is 9.95. The first-order chi connectivity index (χ1) is 9.40. The zero-order valence-electron chi connectivity index (χ0n) is 13.2. The van der Waals surface area contributed by atoms with E-state index in [0.29, 0.717) is 0 Å². The van der Waals surface area contributed by atoms with Gasteiger partial charge in [-0.1, -0.05) is 27.7 Å². The maximum absolute atomic E-state index is 9.95. The first-order valence-corrected chi connectivity index (χ1v) is 7.58. The Morgan fingerprint density at radius 2 is 0.850 bits per heavy atom. The van der Waals surface area contributed by atoms with Crippen LogP contribution in [0.15, 0.2) is 0 Å². The molecule has 0 saturated heterocycles. The summed E-state index contributed by atoms with van der Waals surface area (Å²) in [5, 5.41) is 39.8. The van der Waals surface area contributed by atoms with Crippen molar-refractivity contribution in [3.05, 3.63) is 0 Å². The molecular formula is C14H32N2O4. The van der Waals surface area contributed by atoms with Gasteiger partial charge < -0.3 is 30.2 Å². The highest BCUT2D eigenvalue weighted by atomic mass is 16.4. The van der Waals surface area contributed by atoms with Crippen molar-refractivity contribution in [1.29, 1.82) is 0 Å². The Kier molecular flexibility index (Phi) is 10.4. The standard InChI is InChI=1S/C14H32N2O4/c1-5-15(6-2)9-11(17)13(19)14(20)12(18)10-16(7-3)8-4/h11-14,17-20H,5-10H2,1-4H3. The van der Waals surface area contributed by atoms with Crippen molar-refractivity contribution in [2.24, 2.45) is 0 Å². The van der Waals surface area contributed by atoms with Crippen LogP contribution in [-0.2, 0) is 0 Å². The van der Waals surface area contributed by atoms with E-state index >= 15 is 0 Å². The molecule has 0 spiro atoms. The number of aliphatic hydroxyl groups excluding tert-OH is 4. The summed E-state index contributed by atoms with van der Waals surface area (Å²) in [4.78, 5) is 3.91. The van der Waals surface area contributed by atoms with Gasteiger partial charge in [-0.3, -0.25) is 0 Å². The lowest BCUT2D eigenvalue weighted by molar-refractivity contribution is -0.114. The van der Waals surface area contributed by atoms with E-state index in [1.807, 2.05) is 37.5 Å². The molecule has 6 heteroatoms. The molecule has 0 aromatic carbocycles. The van der Waals surface area contributed by atoms with Gasteiger partial charge in [-0.2, -0.15) is 0 Å². The van der Waals surface area contributed by atoms with Gasteiger partial charge in [0.05, 0.1) is 12.2 Å². The molecule has 0 heterocycles. The maximum Gasteiger partial charge on any atom is 0.110 e. The predicted molar refractivity (Wildman–Crippen MR) is 79.6 cm³/mol. The number of nitrogens with zero attached hydrogens (tertiary/aromatic N) is 2. The summed E-state index contributed by atoms with van der Waals surface area (Å²) in [6.45, 7) is 11.5. The van der Waals surface area contributed by atoms with Crippen molar-refractivity contribution >= 4 is 0 Å². The molecule has 0 aromatic heterocycles. The van der Waals surface area contributed by atoms with Gasteiger partial charge in [0.1, 0.15) is 12.2 Å². The van der Waals surface area contributed by atoms with Crippen molar-refractivity contribution in [2.45, 2.75) is 52.1 Å². The molecule has 0 rings (SSSR count). The fourth-order valence-electron chi connectivity index (χ4n) is 2.16. The second kappa shape index (κ2) is 10.5. The molecular weight excluding hydrogens is 260 g/mol. The Hall–Kier alpha value is -0.240. The molecule has 4 unspecified atom stereocenters.